The molecule has 0 amide bonds. The number of piperidine rings is 1. The van der Waals surface area contributed by atoms with Gasteiger partial charge in [0.05, 0.1) is 5.54 Å². The number of aromatic amines is 1. The lowest BCUT2D eigenvalue weighted by atomic mass is 9.77. The van der Waals surface area contributed by atoms with Gasteiger partial charge in [-0.25, -0.2) is 0 Å². The number of fused-ring (bicyclic) bond motifs is 4. The van der Waals surface area contributed by atoms with Crippen molar-refractivity contribution in [1.82, 2.24) is 15.2 Å². The number of nitrogens with zero attached hydrogens (tertiary/aromatic N) is 1. The Morgan fingerprint density at radius 1 is 1.33 bits per heavy atom. The van der Waals surface area contributed by atoms with Crippen LogP contribution in [0, 0.1) is 0 Å². The highest BCUT2D eigenvalue weighted by Gasteiger charge is 2.45. The number of aliphatic carboxylic acids is 1. The minimum Gasteiger partial charge on any atom is -0.480 e. The van der Waals surface area contributed by atoms with Crippen LogP contribution in [0.2, 0.25) is 0 Å². The summed E-state index contributed by atoms with van der Waals surface area (Å²) in [6.07, 6.45) is 3.62. The van der Waals surface area contributed by atoms with Gasteiger partial charge in [-0.3, -0.25) is 10.1 Å². The maximum Gasteiger partial charge on any atom is 0.321 e. The Morgan fingerprint density at radius 2 is 2.08 bits per heavy atom. The lowest BCUT2D eigenvalue weighted by Gasteiger charge is -2.46. The van der Waals surface area contributed by atoms with E-state index in [2.05, 4.69) is 34.3 Å². The summed E-state index contributed by atoms with van der Waals surface area (Å²) in [4.78, 5) is 17.8. The number of para-hydroxylation sites is 1. The molecule has 0 aliphatic carbocycles. The Kier molecular flexibility index (Phi) is 3.85. The molecule has 5 nitrogen and oxygen atoms in total. The lowest BCUT2D eigenvalue weighted by Crippen LogP contribution is -2.59. The molecular weight excluding hydrogens is 302 g/mol. The molecular formula is C19H25N3O2. The van der Waals surface area contributed by atoms with E-state index in [-0.39, 0.29) is 5.54 Å². The molecule has 0 bridgehead atoms. The first-order valence-corrected chi connectivity index (χ1v) is 8.96. The van der Waals surface area contributed by atoms with Crippen LogP contribution in [-0.4, -0.2) is 46.6 Å². The molecule has 0 unspecified atom stereocenters. The van der Waals surface area contributed by atoms with Gasteiger partial charge in [-0.1, -0.05) is 25.1 Å². The van der Waals surface area contributed by atoms with E-state index in [4.69, 9.17) is 0 Å². The van der Waals surface area contributed by atoms with Crippen molar-refractivity contribution in [2.75, 3.05) is 19.6 Å². The van der Waals surface area contributed by atoms with Crippen molar-refractivity contribution in [2.24, 2.45) is 0 Å². The van der Waals surface area contributed by atoms with E-state index in [9.17, 15) is 9.90 Å². The van der Waals surface area contributed by atoms with Crippen LogP contribution in [0.1, 0.15) is 37.4 Å². The summed E-state index contributed by atoms with van der Waals surface area (Å²) in [5, 5.41) is 14.3. The molecule has 1 fully saturated rings. The Morgan fingerprint density at radius 3 is 2.79 bits per heavy atom. The number of rotatable bonds is 3. The summed E-state index contributed by atoms with van der Waals surface area (Å²) in [7, 11) is 0. The highest BCUT2D eigenvalue weighted by molar-refractivity contribution is 5.87. The topological polar surface area (TPSA) is 68.4 Å². The van der Waals surface area contributed by atoms with Crippen molar-refractivity contribution in [3.05, 3.63) is 35.5 Å². The monoisotopic (exact) mass is 327 g/mol. The summed E-state index contributed by atoms with van der Waals surface area (Å²) in [6.45, 7) is 5.36. The largest absolute Gasteiger partial charge is 0.480 e. The van der Waals surface area contributed by atoms with Gasteiger partial charge in [0.2, 0.25) is 0 Å². The van der Waals surface area contributed by atoms with Gasteiger partial charge in [-0.2, -0.15) is 0 Å². The van der Waals surface area contributed by atoms with Gasteiger partial charge in [-0.05, 0) is 37.4 Å². The summed E-state index contributed by atoms with van der Waals surface area (Å²) in [5.74, 6) is -0.749. The van der Waals surface area contributed by atoms with E-state index >= 15 is 0 Å². The predicted octanol–water partition coefficient (Wildman–Crippen LogP) is 2.47. The third kappa shape index (κ3) is 2.43. The minimum atomic E-state index is -0.749. The molecule has 2 aliphatic rings. The number of carboxylic acids is 1. The zero-order valence-corrected chi connectivity index (χ0v) is 14.1. The fourth-order valence-corrected chi connectivity index (χ4v) is 4.50. The first kappa shape index (κ1) is 15.7. The van der Waals surface area contributed by atoms with E-state index in [1.165, 1.54) is 16.6 Å². The van der Waals surface area contributed by atoms with Gasteiger partial charge in [-0.15, -0.1) is 0 Å². The molecule has 24 heavy (non-hydrogen) atoms. The molecule has 3 N–H and O–H groups in total. The second kappa shape index (κ2) is 5.90. The first-order valence-electron chi connectivity index (χ1n) is 8.96. The van der Waals surface area contributed by atoms with Crippen LogP contribution in [0.15, 0.2) is 24.3 Å². The van der Waals surface area contributed by atoms with Crippen molar-refractivity contribution in [3.63, 3.8) is 0 Å². The van der Waals surface area contributed by atoms with Gasteiger partial charge in [0.15, 0.2) is 0 Å². The van der Waals surface area contributed by atoms with Crippen molar-refractivity contribution < 1.29 is 9.90 Å². The average Bonchev–Trinajstić information content (AvgIpc) is 2.97. The zero-order chi connectivity index (χ0) is 16.7. The highest BCUT2D eigenvalue weighted by Crippen LogP contribution is 2.41. The molecule has 128 valence electrons. The molecule has 2 aliphatic heterocycles. The Balaban J connectivity index is 1.76. The molecule has 3 heterocycles. The van der Waals surface area contributed by atoms with Gasteiger partial charge in [0, 0.05) is 36.1 Å². The Bertz CT molecular complexity index is 759. The van der Waals surface area contributed by atoms with E-state index in [1.807, 2.05) is 12.1 Å². The molecule has 4 rings (SSSR count). The third-order valence-electron chi connectivity index (χ3n) is 5.70. The van der Waals surface area contributed by atoms with Crippen LogP contribution in [0.25, 0.3) is 10.9 Å². The average molecular weight is 327 g/mol. The number of likely N-dealkylation sites (tertiary alicyclic amines) is 1. The molecule has 1 saturated heterocycles. The quantitative estimate of drug-likeness (QED) is 0.810. The minimum absolute atomic E-state index is 0.236. The van der Waals surface area contributed by atoms with Crippen LogP contribution >= 0.6 is 0 Å². The number of carboxylic acid groups (broad SMARTS) is 1. The summed E-state index contributed by atoms with van der Waals surface area (Å²) in [5.41, 5.74) is 3.30. The smallest absolute Gasteiger partial charge is 0.321 e. The summed E-state index contributed by atoms with van der Waals surface area (Å²) >= 11 is 0. The highest BCUT2D eigenvalue weighted by atomic mass is 16.4. The lowest BCUT2D eigenvalue weighted by molar-refractivity contribution is -0.140. The third-order valence-corrected chi connectivity index (χ3v) is 5.70. The molecule has 1 spiro atoms. The van der Waals surface area contributed by atoms with E-state index in [0.29, 0.717) is 6.42 Å². The van der Waals surface area contributed by atoms with Crippen molar-refractivity contribution in [3.8, 4) is 0 Å². The number of hydrogen-bond donors (Lipinski definition) is 3. The second-order valence-corrected chi connectivity index (χ2v) is 7.19. The molecule has 1 aromatic heterocycles. The Hall–Kier alpha value is -1.85. The van der Waals surface area contributed by atoms with Crippen LogP contribution in [0.3, 0.4) is 0 Å². The molecule has 0 radical (unpaired) electrons. The van der Waals surface area contributed by atoms with Crippen LogP contribution in [0.5, 0.6) is 0 Å². The van der Waals surface area contributed by atoms with E-state index in [1.54, 1.807) is 0 Å². The fourth-order valence-electron chi connectivity index (χ4n) is 4.50. The van der Waals surface area contributed by atoms with Crippen LogP contribution in [-0.2, 0) is 16.8 Å². The molecule has 2 aromatic rings. The van der Waals surface area contributed by atoms with Gasteiger partial charge in [0.25, 0.3) is 0 Å². The normalized spacial score (nSPS) is 23.5. The van der Waals surface area contributed by atoms with E-state index in [0.717, 1.165) is 44.4 Å². The molecule has 0 saturated carbocycles. The SMILES string of the molecule is CCCN1CCC2(CC1)N[C@@H](C(=O)O)Cc1c2[nH]c2ccccc12. The predicted molar refractivity (Wildman–Crippen MR) is 94.2 cm³/mol. The number of aromatic nitrogens is 1. The number of carbonyl (C=O) groups is 1. The van der Waals surface area contributed by atoms with Crippen molar-refractivity contribution in [1.29, 1.82) is 0 Å². The van der Waals surface area contributed by atoms with E-state index < -0.39 is 12.0 Å². The second-order valence-electron chi connectivity index (χ2n) is 7.19. The zero-order valence-electron chi connectivity index (χ0n) is 14.1. The standard InChI is InChI=1S/C19H25N3O2/c1-2-9-22-10-7-19(8-11-22)17-14(12-16(21-19)18(23)24)13-5-3-4-6-15(13)20-17/h3-6,16,20-21H,2,7-12H2,1H3,(H,23,24)/t16-/m1/s1. The van der Waals surface area contributed by atoms with Gasteiger partial charge < -0.3 is 15.0 Å². The van der Waals surface area contributed by atoms with Gasteiger partial charge >= 0.3 is 5.97 Å². The number of H-pyrrole nitrogens is 1. The maximum absolute atomic E-state index is 11.7. The molecule has 1 aromatic carbocycles. The number of nitrogens with one attached hydrogen (secondary N) is 2. The number of benzene rings is 1. The summed E-state index contributed by atoms with van der Waals surface area (Å²) < 4.78 is 0. The fraction of sp³-hybridized carbons (Fsp3) is 0.526. The maximum atomic E-state index is 11.7. The Labute approximate surface area is 142 Å². The first-order chi connectivity index (χ1) is 11.6. The number of hydrogen-bond acceptors (Lipinski definition) is 3. The van der Waals surface area contributed by atoms with Crippen molar-refractivity contribution >= 4 is 16.9 Å². The summed E-state index contributed by atoms with van der Waals surface area (Å²) in [6, 6.07) is 7.75. The van der Waals surface area contributed by atoms with Crippen molar-refractivity contribution in [2.45, 2.75) is 44.2 Å². The van der Waals surface area contributed by atoms with Crippen LogP contribution in [0.4, 0.5) is 0 Å². The van der Waals surface area contributed by atoms with Crippen LogP contribution < -0.4 is 5.32 Å². The molecule has 1 atom stereocenters. The molecule has 5 heteroatoms. The van der Waals surface area contributed by atoms with Gasteiger partial charge in [0.1, 0.15) is 6.04 Å².